The van der Waals surface area contributed by atoms with Crippen molar-refractivity contribution in [3.8, 4) is 11.3 Å². The first-order chi connectivity index (χ1) is 9.69. The molecule has 1 aromatic carbocycles. The number of nitrogens with two attached hydrogens (primary N) is 1. The van der Waals surface area contributed by atoms with E-state index in [-0.39, 0.29) is 5.92 Å². The molecule has 0 fully saturated rings. The lowest BCUT2D eigenvalue weighted by molar-refractivity contribution is 0.713. The molecule has 0 spiro atoms. The predicted molar refractivity (Wildman–Crippen MR) is 79.2 cm³/mol. The highest BCUT2D eigenvalue weighted by Crippen LogP contribution is 2.22. The van der Waals surface area contributed by atoms with Crippen LogP contribution in [0.5, 0.6) is 0 Å². The zero-order valence-corrected chi connectivity index (χ0v) is 11.6. The highest BCUT2D eigenvalue weighted by molar-refractivity contribution is 5.81. The fraction of sp³-hybridized carbons (Fsp3) is 0.267. The van der Waals surface area contributed by atoms with Gasteiger partial charge in [-0.1, -0.05) is 13.0 Å². The van der Waals surface area contributed by atoms with Crippen LogP contribution in [0.1, 0.15) is 18.7 Å². The molecular formula is C15H17N5. The molecule has 2 N–H and O–H groups in total. The van der Waals surface area contributed by atoms with Crippen molar-refractivity contribution < 1.29 is 0 Å². The Morgan fingerprint density at radius 3 is 2.90 bits per heavy atom. The van der Waals surface area contributed by atoms with Crippen LogP contribution >= 0.6 is 0 Å². The molecule has 0 aliphatic heterocycles. The summed E-state index contributed by atoms with van der Waals surface area (Å²) in [6.07, 6.45) is 3.60. The number of aryl methyl sites for hydroxylation is 1. The van der Waals surface area contributed by atoms with Crippen molar-refractivity contribution in [1.82, 2.24) is 19.5 Å². The summed E-state index contributed by atoms with van der Waals surface area (Å²) in [6, 6.07) is 8.08. The average molecular weight is 267 g/mol. The largest absolute Gasteiger partial charge is 0.334 e. The monoisotopic (exact) mass is 267 g/mol. The van der Waals surface area contributed by atoms with Gasteiger partial charge in [0.25, 0.3) is 0 Å². The Morgan fingerprint density at radius 2 is 2.10 bits per heavy atom. The number of nitrogens with zero attached hydrogens (tertiary/aromatic N) is 4. The molecule has 2 heterocycles. The van der Waals surface area contributed by atoms with E-state index >= 15 is 0 Å². The molecular weight excluding hydrogens is 250 g/mol. The quantitative estimate of drug-likeness (QED) is 0.789. The first-order valence-electron chi connectivity index (χ1n) is 6.63. The van der Waals surface area contributed by atoms with Gasteiger partial charge in [-0.05, 0) is 18.2 Å². The van der Waals surface area contributed by atoms with Gasteiger partial charge in [0.2, 0.25) is 0 Å². The number of rotatable bonds is 3. The maximum Gasteiger partial charge on any atom is 0.133 e. The lowest BCUT2D eigenvalue weighted by Gasteiger charge is -2.08. The van der Waals surface area contributed by atoms with Crippen LogP contribution in [0.4, 0.5) is 0 Å². The zero-order valence-electron chi connectivity index (χ0n) is 11.6. The van der Waals surface area contributed by atoms with Crippen LogP contribution in [-0.4, -0.2) is 26.1 Å². The second-order valence-electron chi connectivity index (χ2n) is 5.00. The Balaban J connectivity index is 2.06. The third-order valence-electron chi connectivity index (χ3n) is 3.49. The lowest BCUT2D eigenvalue weighted by atomic mass is 10.1. The van der Waals surface area contributed by atoms with Gasteiger partial charge >= 0.3 is 0 Å². The molecule has 1 unspecified atom stereocenters. The number of benzene rings is 1. The van der Waals surface area contributed by atoms with Gasteiger partial charge in [0.1, 0.15) is 5.82 Å². The fourth-order valence-corrected chi connectivity index (χ4v) is 2.17. The van der Waals surface area contributed by atoms with Crippen molar-refractivity contribution in [1.29, 1.82) is 0 Å². The molecule has 20 heavy (non-hydrogen) atoms. The molecule has 3 rings (SSSR count). The van der Waals surface area contributed by atoms with Crippen LogP contribution in [0.25, 0.3) is 22.3 Å². The molecule has 2 aromatic heterocycles. The molecule has 0 aliphatic carbocycles. The summed E-state index contributed by atoms with van der Waals surface area (Å²) in [4.78, 5) is 13.3. The maximum atomic E-state index is 5.68. The van der Waals surface area contributed by atoms with Gasteiger partial charge in [-0.15, -0.1) is 0 Å². The topological polar surface area (TPSA) is 69.6 Å². The third-order valence-corrected chi connectivity index (χ3v) is 3.49. The first kappa shape index (κ1) is 12.7. The van der Waals surface area contributed by atoms with Crippen molar-refractivity contribution in [2.75, 3.05) is 6.54 Å². The normalized spacial score (nSPS) is 12.8. The minimum atomic E-state index is 0.161. The smallest absolute Gasteiger partial charge is 0.133 e. The molecule has 3 aromatic rings. The number of fused-ring (bicyclic) bond motifs is 1. The Kier molecular flexibility index (Phi) is 3.20. The average Bonchev–Trinajstić information content (AvgIpc) is 2.87. The second kappa shape index (κ2) is 5.02. The van der Waals surface area contributed by atoms with Gasteiger partial charge in [0.05, 0.1) is 23.1 Å². The number of hydrogen-bond donors (Lipinski definition) is 1. The third kappa shape index (κ3) is 2.16. The summed E-state index contributed by atoms with van der Waals surface area (Å²) in [5.41, 5.74) is 9.71. The Hall–Kier alpha value is -2.27. The summed E-state index contributed by atoms with van der Waals surface area (Å²) in [5, 5.41) is 0. The zero-order chi connectivity index (χ0) is 14.1. The van der Waals surface area contributed by atoms with Crippen LogP contribution in [0.2, 0.25) is 0 Å². The first-order valence-corrected chi connectivity index (χ1v) is 6.63. The maximum absolute atomic E-state index is 5.68. The van der Waals surface area contributed by atoms with E-state index in [9.17, 15) is 0 Å². The van der Waals surface area contributed by atoms with Gasteiger partial charge < -0.3 is 10.3 Å². The van der Waals surface area contributed by atoms with Crippen LogP contribution in [0.3, 0.4) is 0 Å². The van der Waals surface area contributed by atoms with Crippen LogP contribution in [0.15, 0.2) is 36.8 Å². The fourth-order valence-electron chi connectivity index (χ4n) is 2.17. The number of imidazole rings is 1. The lowest BCUT2D eigenvalue weighted by Crippen LogP contribution is -2.12. The van der Waals surface area contributed by atoms with Crippen molar-refractivity contribution in [2.45, 2.75) is 12.8 Å². The van der Waals surface area contributed by atoms with Crippen LogP contribution in [0, 0.1) is 0 Å². The summed E-state index contributed by atoms with van der Waals surface area (Å²) in [5.74, 6) is 0.944. The summed E-state index contributed by atoms with van der Waals surface area (Å²) in [7, 11) is 1.99. The molecule has 0 radical (unpaired) electrons. The Bertz CT molecular complexity index is 747. The van der Waals surface area contributed by atoms with Crippen molar-refractivity contribution in [2.24, 2.45) is 12.8 Å². The van der Waals surface area contributed by atoms with Gasteiger partial charge in [-0.3, -0.25) is 0 Å². The van der Waals surface area contributed by atoms with Gasteiger partial charge in [0.15, 0.2) is 0 Å². The molecule has 5 heteroatoms. The minimum Gasteiger partial charge on any atom is -0.334 e. The van der Waals surface area contributed by atoms with Crippen LogP contribution < -0.4 is 5.73 Å². The number of aromatic nitrogens is 4. The highest BCUT2D eigenvalue weighted by atomic mass is 15.0. The molecule has 0 saturated carbocycles. The summed E-state index contributed by atoms with van der Waals surface area (Å²) >= 11 is 0. The molecule has 102 valence electrons. The van der Waals surface area contributed by atoms with E-state index in [1.54, 1.807) is 6.20 Å². The van der Waals surface area contributed by atoms with E-state index in [2.05, 4.69) is 33.2 Å². The molecule has 0 bridgehead atoms. The molecule has 0 amide bonds. The van der Waals surface area contributed by atoms with Crippen molar-refractivity contribution in [3.63, 3.8) is 0 Å². The van der Waals surface area contributed by atoms with E-state index in [1.807, 2.05) is 30.9 Å². The van der Waals surface area contributed by atoms with E-state index in [0.29, 0.717) is 6.54 Å². The second-order valence-corrected chi connectivity index (χ2v) is 5.00. The molecule has 1 atom stereocenters. The van der Waals surface area contributed by atoms with Crippen molar-refractivity contribution >= 4 is 11.0 Å². The Morgan fingerprint density at radius 1 is 1.25 bits per heavy atom. The highest BCUT2D eigenvalue weighted by Gasteiger charge is 2.09. The van der Waals surface area contributed by atoms with Crippen molar-refractivity contribution in [3.05, 3.63) is 42.6 Å². The van der Waals surface area contributed by atoms with E-state index in [0.717, 1.165) is 28.1 Å². The number of hydrogen-bond acceptors (Lipinski definition) is 4. The minimum absolute atomic E-state index is 0.161. The van der Waals surface area contributed by atoms with E-state index in [1.165, 1.54) is 0 Å². The summed E-state index contributed by atoms with van der Waals surface area (Å²) < 4.78 is 2.00. The summed E-state index contributed by atoms with van der Waals surface area (Å²) in [6.45, 7) is 2.57. The Labute approximate surface area is 117 Å². The van der Waals surface area contributed by atoms with Crippen LogP contribution in [-0.2, 0) is 7.05 Å². The van der Waals surface area contributed by atoms with Gasteiger partial charge in [-0.2, -0.15) is 0 Å². The SMILES string of the molecule is CC(CN)c1nccc(-c2ccc3c(c2)ncn3C)n1. The van der Waals surface area contributed by atoms with Gasteiger partial charge in [-0.25, -0.2) is 15.0 Å². The predicted octanol–water partition coefficient (Wildman–Crippen LogP) is 2.09. The standard InChI is InChI=1S/C15H17N5/c1-10(8-16)15-17-6-5-12(19-15)11-3-4-14-13(7-11)18-9-20(14)2/h3-7,9-10H,8,16H2,1-2H3. The molecule has 0 aliphatic rings. The van der Waals surface area contributed by atoms with Gasteiger partial charge in [0, 0.05) is 31.3 Å². The van der Waals surface area contributed by atoms with E-state index in [4.69, 9.17) is 5.73 Å². The van der Waals surface area contributed by atoms with E-state index < -0.39 is 0 Å². The molecule has 0 saturated heterocycles. The molecule has 5 nitrogen and oxygen atoms in total.